The maximum atomic E-state index is 11.4. The number of hydrogen-bond donors (Lipinski definition) is 6. The molecule has 1 saturated carbocycles. The molecule has 2 saturated heterocycles. The summed E-state index contributed by atoms with van der Waals surface area (Å²) in [4.78, 5) is 0. The second kappa shape index (κ2) is 8.86. The first-order valence-corrected chi connectivity index (χ1v) is 10.8. The van der Waals surface area contributed by atoms with E-state index in [1.165, 1.54) is 5.57 Å². The zero-order valence-corrected chi connectivity index (χ0v) is 16.7. The minimum atomic E-state index is -0.414. The lowest BCUT2D eigenvalue weighted by atomic mass is 9.70. The predicted molar refractivity (Wildman–Crippen MR) is 106 cm³/mol. The Morgan fingerprint density at radius 3 is 3.00 bits per heavy atom. The average molecular weight is 380 g/mol. The quantitative estimate of drug-likeness (QED) is 0.378. The monoisotopic (exact) mass is 379 g/mol. The first-order chi connectivity index (χ1) is 13.2. The Labute approximate surface area is 163 Å². The summed E-state index contributed by atoms with van der Waals surface area (Å²) in [6, 6.07) is 0.499. The van der Waals surface area contributed by atoms with E-state index in [4.69, 9.17) is 4.74 Å². The molecule has 154 valence electrons. The van der Waals surface area contributed by atoms with Crippen molar-refractivity contribution in [2.45, 2.75) is 75.8 Å². The molecular formula is C20H37N5O2. The lowest BCUT2D eigenvalue weighted by Gasteiger charge is -2.46. The van der Waals surface area contributed by atoms with Crippen LogP contribution in [0.2, 0.25) is 0 Å². The van der Waals surface area contributed by atoms with Gasteiger partial charge in [0.2, 0.25) is 0 Å². The molecule has 0 aromatic rings. The van der Waals surface area contributed by atoms with Crippen molar-refractivity contribution in [3.05, 3.63) is 11.6 Å². The summed E-state index contributed by atoms with van der Waals surface area (Å²) in [7, 11) is 1.99. The zero-order chi connectivity index (χ0) is 18.8. The molecule has 3 fully saturated rings. The Balaban J connectivity index is 1.48. The molecule has 8 unspecified atom stereocenters. The van der Waals surface area contributed by atoms with Crippen LogP contribution < -0.4 is 26.6 Å². The van der Waals surface area contributed by atoms with Gasteiger partial charge < -0.3 is 20.5 Å². The SMILES string of the molecule is CNC1CC(C)NC(NC2CC3CCOC3C(C3=CCNCCC3)C2O)N1. The Morgan fingerprint density at radius 1 is 1.26 bits per heavy atom. The third-order valence-corrected chi connectivity index (χ3v) is 6.85. The summed E-state index contributed by atoms with van der Waals surface area (Å²) in [5.41, 5.74) is 1.39. The van der Waals surface area contributed by atoms with Gasteiger partial charge in [-0.3, -0.25) is 16.0 Å². The molecule has 6 N–H and O–H groups in total. The van der Waals surface area contributed by atoms with E-state index < -0.39 is 6.10 Å². The van der Waals surface area contributed by atoms with Crippen molar-refractivity contribution < 1.29 is 9.84 Å². The van der Waals surface area contributed by atoms with Gasteiger partial charge in [0.15, 0.2) is 0 Å². The predicted octanol–water partition coefficient (Wildman–Crippen LogP) is -0.159. The van der Waals surface area contributed by atoms with Crippen LogP contribution in [0.15, 0.2) is 11.6 Å². The van der Waals surface area contributed by atoms with Crippen molar-refractivity contribution in [2.24, 2.45) is 11.8 Å². The van der Waals surface area contributed by atoms with Gasteiger partial charge in [-0.2, -0.15) is 0 Å². The van der Waals surface area contributed by atoms with Crippen LogP contribution in [0.25, 0.3) is 0 Å². The fraction of sp³-hybridized carbons (Fsp3) is 0.900. The van der Waals surface area contributed by atoms with E-state index in [2.05, 4.69) is 39.6 Å². The molecule has 0 bridgehead atoms. The fourth-order valence-corrected chi connectivity index (χ4v) is 5.47. The topological polar surface area (TPSA) is 89.6 Å². The minimum Gasteiger partial charge on any atom is -0.391 e. The van der Waals surface area contributed by atoms with E-state index in [9.17, 15) is 5.11 Å². The zero-order valence-electron chi connectivity index (χ0n) is 16.7. The molecule has 4 rings (SSSR count). The first kappa shape index (κ1) is 19.8. The molecule has 27 heavy (non-hydrogen) atoms. The summed E-state index contributed by atoms with van der Waals surface area (Å²) >= 11 is 0. The van der Waals surface area contributed by atoms with Gasteiger partial charge in [-0.25, -0.2) is 0 Å². The summed E-state index contributed by atoms with van der Waals surface area (Å²) in [6.45, 7) is 5.00. The third-order valence-electron chi connectivity index (χ3n) is 6.85. The smallest absolute Gasteiger partial charge is 0.113 e. The number of nitrogens with one attached hydrogen (secondary N) is 5. The van der Waals surface area contributed by atoms with Crippen molar-refractivity contribution in [3.63, 3.8) is 0 Å². The van der Waals surface area contributed by atoms with Crippen molar-refractivity contribution in [1.29, 1.82) is 0 Å². The first-order valence-electron chi connectivity index (χ1n) is 10.8. The van der Waals surface area contributed by atoms with Crippen LogP contribution >= 0.6 is 0 Å². The van der Waals surface area contributed by atoms with E-state index in [-0.39, 0.29) is 30.5 Å². The molecular weight excluding hydrogens is 342 g/mol. The van der Waals surface area contributed by atoms with Crippen LogP contribution in [0.3, 0.4) is 0 Å². The van der Waals surface area contributed by atoms with Crippen molar-refractivity contribution in [3.8, 4) is 0 Å². The largest absolute Gasteiger partial charge is 0.391 e. The van der Waals surface area contributed by atoms with Gasteiger partial charge in [-0.1, -0.05) is 11.6 Å². The highest BCUT2D eigenvalue weighted by molar-refractivity contribution is 5.18. The molecule has 3 aliphatic heterocycles. The van der Waals surface area contributed by atoms with E-state index >= 15 is 0 Å². The van der Waals surface area contributed by atoms with Crippen molar-refractivity contribution >= 4 is 0 Å². The summed E-state index contributed by atoms with van der Waals surface area (Å²) < 4.78 is 6.13. The minimum absolute atomic E-state index is 0.00940. The Hall–Kier alpha value is -0.540. The van der Waals surface area contributed by atoms with E-state index in [1.54, 1.807) is 0 Å². The Kier molecular flexibility index (Phi) is 6.49. The standard InChI is InChI=1S/C20H37N5O2/c1-12-10-16(21-2)25-20(23-12)24-15-11-14-6-9-27-19(14)17(18(15)26)13-4-3-7-22-8-5-13/h5,12,14-26H,3-4,6-11H2,1-2H3. The number of aliphatic hydroxyl groups is 1. The van der Waals surface area contributed by atoms with Gasteiger partial charge in [0.25, 0.3) is 0 Å². The molecule has 4 aliphatic rings. The van der Waals surface area contributed by atoms with E-state index in [0.29, 0.717) is 12.0 Å². The summed E-state index contributed by atoms with van der Waals surface area (Å²) in [5.74, 6) is 0.652. The summed E-state index contributed by atoms with van der Waals surface area (Å²) in [5, 5.41) is 29.0. The van der Waals surface area contributed by atoms with Gasteiger partial charge in [0, 0.05) is 31.2 Å². The normalized spacial score (nSPS) is 45.8. The molecule has 0 spiro atoms. The Morgan fingerprint density at radius 2 is 2.15 bits per heavy atom. The van der Waals surface area contributed by atoms with Crippen LogP contribution in [0.4, 0.5) is 0 Å². The number of hydrogen-bond acceptors (Lipinski definition) is 7. The van der Waals surface area contributed by atoms with Crippen LogP contribution in [0, 0.1) is 11.8 Å². The Bertz CT molecular complexity index is 531. The average Bonchev–Trinajstić information content (AvgIpc) is 2.95. The molecule has 7 heteroatoms. The van der Waals surface area contributed by atoms with E-state index in [0.717, 1.165) is 51.8 Å². The van der Waals surface area contributed by atoms with Gasteiger partial charge in [-0.05, 0) is 58.5 Å². The summed E-state index contributed by atoms with van der Waals surface area (Å²) in [6.07, 6.45) is 7.70. The second-order valence-corrected chi connectivity index (χ2v) is 8.74. The van der Waals surface area contributed by atoms with Crippen molar-refractivity contribution in [1.82, 2.24) is 26.6 Å². The van der Waals surface area contributed by atoms with Crippen LogP contribution in [0.1, 0.15) is 39.0 Å². The molecule has 0 radical (unpaired) electrons. The molecule has 3 heterocycles. The van der Waals surface area contributed by atoms with Gasteiger partial charge in [-0.15, -0.1) is 0 Å². The molecule has 7 nitrogen and oxygen atoms in total. The lowest BCUT2D eigenvalue weighted by Crippen LogP contribution is -2.69. The van der Waals surface area contributed by atoms with Crippen LogP contribution in [-0.2, 0) is 4.74 Å². The maximum absolute atomic E-state index is 11.4. The molecule has 1 aliphatic carbocycles. The molecule has 0 aromatic carbocycles. The van der Waals surface area contributed by atoms with E-state index in [1.807, 2.05) is 7.05 Å². The molecule has 0 amide bonds. The molecule has 0 aromatic heterocycles. The lowest BCUT2D eigenvalue weighted by molar-refractivity contribution is -0.0580. The fourth-order valence-electron chi connectivity index (χ4n) is 5.47. The highest BCUT2D eigenvalue weighted by atomic mass is 16.5. The van der Waals surface area contributed by atoms with Gasteiger partial charge in [0.1, 0.15) is 6.29 Å². The highest BCUT2D eigenvalue weighted by Crippen LogP contribution is 2.42. The van der Waals surface area contributed by atoms with Crippen LogP contribution in [0.5, 0.6) is 0 Å². The third kappa shape index (κ3) is 4.40. The number of fused-ring (bicyclic) bond motifs is 1. The maximum Gasteiger partial charge on any atom is 0.113 e. The molecule has 8 atom stereocenters. The van der Waals surface area contributed by atoms with Crippen LogP contribution in [-0.4, -0.2) is 68.6 Å². The van der Waals surface area contributed by atoms with Crippen molar-refractivity contribution in [2.75, 3.05) is 26.7 Å². The van der Waals surface area contributed by atoms with Gasteiger partial charge in [0.05, 0.1) is 18.4 Å². The van der Waals surface area contributed by atoms with Gasteiger partial charge >= 0.3 is 0 Å². The highest BCUT2D eigenvalue weighted by Gasteiger charge is 2.48. The number of aliphatic hydroxyl groups excluding tert-OH is 1. The second-order valence-electron chi connectivity index (χ2n) is 8.74. The number of rotatable bonds is 4. The number of ether oxygens (including phenoxy) is 1.